The van der Waals surface area contributed by atoms with Crippen LogP contribution in [0.5, 0.6) is 0 Å². The van der Waals surface area contributed by atoms with Gasteiger partial charge in [0.05, 0.1) is 0 Å². The van der Waals surface area contributed by atoms with Crippen molar-refractivity contribution < 1.29 is 0 Å². The standard InChI is InChI=1S/C12H30N3P.ClH.HN3/c1-7-13(8-2)16(14(9-3)10-4)15(11-5)12-6;;1-3-2/h7-12H2,1-6H3;1H;1H. The van der Waals surface area contributed by atoms with E-state index >= 15 is 0 Å². The number of hydrogen-bond donors (Lipinski definition) is 1. The molecule has 0 saturated carbocycles. The molecule has 0 heterocycles. The van der Waals surface area contributed by atoms with E-state index in [1.807, 2.05) is 0 Å². The van der Waals surface area contributed by atoms with Gasteiger partial charge in [-0.2, -0.15) is 0 Å². The van der Waals surface area contributed by atoms with Gasteiger partial charge in [0, 0.05) is 39.3 Å². The van der Waals surface area contributed by atoms with E-state index in [1.54, 1.807) is 4.91 Å². The molecule has 6 nitrogen and oxygen atoms in total. The lowest BCUT2D eigenvalue weighted by molar-refractivity contribution is 0.352. The lowest BCUT2D eigenvalue weighted by atomic mass is 10.7. The van der Waals surface area contributed by atoms with Crippen molar-refractivity contribution in [1.82, 2.24) is 14.0 Å². The molecule has 0 aliphatic heterocycles. The van der Waals surface area contributed by atoms with Crippen molar-refractivity contribution in [2.45, 2.75) is 41.5 Å². The van der Waals surface area contributed by atoms with E-state index in [1.165, 1.54) is 0 Å². The molecule has 0 aromatic carbocycles. The zero-order valence-electron chi connectivity index (χ0n) is 13.8. The first-order valence-corrected chi connectivity index (χ1v) is 8.36. The van der Waals surface area contributed by atoms with Gasteiger partial charge in [-0.1, -0.05) is 41.5 Å². The molecule has 0 unspecified atom stereocenters. The van der Waals surface area contributed by atoms with Crippen LogP contribution in [0.25, 0.3) is 10.4 Å². The van der Waals surface area contributed by atoms with Gasteiger partial charge in [0.25, 0.3) is 0 Å². The summed E-state index contributed by atoms with van der Waals surface area (Å²) in [5.74, 6) is 0. The van der Waals surface area contributed by atoms with Gasteiger partial charge < -0.3 is 0 Å². The van der Waals surface area contributed by atoms with Crippen molar-refractivity contribution in [1.29, 1.82) is 5.53 Å². The van der Waals surface area contributed by atoms with Crippen LogP contribution in [0, 0.1) is 5.53 Å². The fourth-order valence-electron chi connectivity index (χ4n) is 1.97. The third-order valence-corrected chi connectivity index (χ3v) is 6.16. The van der Waals surface area contributed by atoms with E-state index < -0.39 is 0 Å². The highest BCUT2D eigenvalue weighted by atomic mass is 35.5. The molecule has 0 radical (unpaired) electrons. The third kappa shape index (κ3) is 8.96. The Balaban J connectivity index is -0.000000657. The Morgan fingerprint density at radius 1 is 0.750 bits per heavy atom. The van der Waals surface area contributed by atoms with Gasteiger partial charge in [0.15, 0.2) is 0 Å². The topological polar surface area (TPSA) is 70.0 Å². The van der Waals surface area contributed by atoms with E-state index in [2.05, 4.69) is 55.6 Å². The van der Waals surface area contributed by atoms with E-state index in [0.29, 0.717) is 0 Å². The lowest BCUT2D eigenvalue weighted by Crippen LogP contribution is -2.37. The first-order valence-electron chi connectivity index (χ1n) is 7.16. The van der Waals surface area contributed by atoms with Crippen LogP contribution < -0.4 is 0 Å². The highest BCUT2D eigenvalue weighted by Crippen LogP contribution is 2.46. The highest BCUT2D eigenvalue weighted by Gasteiger charge is 2.26. The Kier molecular flexibility index (Phi) is 21.1. The molecule has 0 atom stereocenters. The normalized spacial score (nSPS) is 10.3. The van der Waals surface area contributed by atoms with Crippen LogP contribution in [-0.2, 0) is 0 Å². The third-order valence-electron chi connectivity index (χ3n) is 2.95. The van der Waals surface area contributed by atoms with Crippen LogP contribution in [0.3, 0.4) is 0 Å². The fourth-order valence-corrected chi connectivity index (χ4v) is 4.56. The maximum atomic E-state index is 6.86. The first kappa shape index (κ1) is 24.9. The van der Waals surface area contributed by atoms with Crippen LogP contribution >= 0.6 is 20.8 Å². The van der Waals surface area contributed by atoms with Gasteiger partial charge in [0.1, 0.15) is 8.37 Å². The zero-order valence-corrected chi connectivity index (χ0v) is 15.5. The monoisotopic (exact) mass is 326 g/mol. The number of rotatable bonds is 9. The Morgan fingerprint density at radius 3 is 1.00 bits per heavy atom. The van der Waals surface area contributed by atoms with Crippen molar-refractivity contribution >= 4 is 20.8 Å². The summed E-state index contributed by atoms with van der Waals surface area (Å²) in [6, 6.07) is 0. The quantitative estimate of drug-likeness (QED) is 0.293. The second-order valence-corrected chi connectivity index (χ2v) is 6.02. The average molecular weight is 327 g/mol. The van der Waals surface area contributed by atoms with E-state index in [4.69, 9.17) is 11.1 Å². The molecule has 8 heteroatoms. The average Bonchev–Trinajstić information content (AvgIpc) is 2.43. The van der Waals surface area contributed by atoms with Gasteiger partial charge in [-0.15, -0.1) is 17.9 Å². The van der Waals surface area contributed by atoms with Crippen LogP contribution in [0.15, 0.2) is 0 Å². The number of nitrogens with zero attached hydrogens (tertiary/aromatic N) is 5. The van der Waals surface area contributed by atoms with Crippen LogP contribution in [0.2, 0.25) is 0 Å². The lowest BCUT2D eigenvalue weighted by Gasteiger charge is -2.43. The summed E-state index contributed by atoms with van der Waals surface area (Å²) in [6.07, 6.45) is 0. The fraction of sp³-hybridized carbons (Fsp3) is 1.00. The first-order chi connectivity index (χ1) is 9.11. The van der Waals surface area contributed by atoms with E-state index in [0.717, 1.165) is 39.3 Å². The van der Waals surface area contributed by atoms with Crippen molar-refractivity contribution in [3.05, 3.63) is 10.4 Å². The summed E-state index contributed by atoms with van der Waals surface area (Å²) in [7, 11) is -0.252. The summed E-state index contributed by atoms with van der Waals surface area (Å²) in [5, 5.41) is 0. The molecule has 0 aliphatic rings. The number of halogens is 1. The SMILES string of the molecule is CCN(CC)P(N(CC)CC)N(CC)CC.Cl.[N-]=[N+]=N. The predicted octanol–water partition coefficient (Wildman–Crippen LogP) is 4.54. The van der Waals surface area contributed by atoms with Gasteiger partial charge in [0.2, 0.25) is 0 Å². The molecule has 0 aromatic heterocycles. The predicted molar refractivity (Wildman–Crippen MR) is 92.4 cm³/mol. The number of nitrogens with one attached hydrogen (secondary N) is 1. The van der Waals surface area contributed by atoms with Gasteiger partial charge in [-0.3, -0.25) is 14.0 Å². The molecule has 0 bridgehead atoms. The Labute approximate surface area is 132 Å². The largest absolute Gasteiger partial charge is 0.258 e. The van der Waals surface area contributed by atoms with Gasteiger partial charge in [-0.05, 0) is 10.4 Å². The van der Waals surface area contributed by atoms with Gasteiger partial charge >= 0.3 is 0 Å². The maximum absolute atomic E-state index is 6.86. The molecule has 0 amide bonds. The summed E-state index contributed by atoms with van der Waals surface area (Å²) in [6.45, 7) is 20.5. The van der Waals surface area contributed by atoms with Gasteiger partial charge in [-0.25, -0.2) is 0 Å². The van der Waals surface area contributed by atoms with E-state index in [9.17, 15) is 0 Å². The second kappa shape index (κ2) is 17.0. The molecule has 1 N–H and O–H groups in total. The van der Waals surface area contributed by atoms with Crippen LogP contribution in [0.1, 0.15) is 41.5 Å². The number of hydrogen-bond acceptors (Lipinski definition) is 4. The molecular weight excluding hydrogens is 295 g/mol. The van der Waals surface area contributed by atoms with Crippen molar-refractivity contribution in [3.63, 3.8) is 0 Å². The molecule has 0 saturated heterocycles. The smallest absolute Gasteiger partial charge is 0.120 e. The molecule has 0 fully saturated rings. The maximum Gasteiger partial charge on any atom is 0.120 e. The minimum atomic E-state index is -0.252. The summed E-state index contributed by atoms with van der Waals surface area (Å²) < 4.78 is 7.82. The molecule has 0 aromatic rings. The van der Waals surface area contributed by atoms with Crippen molar-refractivity contribution in [3.8, 4) is 0 Å². The molecule has 0 spiro atoms. The van der Waals surface area contributed by atoms with Crippen LogP contribution in [-0.4, -0.2) is 53.3 Å². The summed E-state index contributed by atoms with van der Waals surface area (Å²) in [4.78, 5) is 1.75. The molecular formula is C12H32ClN6P. The van der Waals surface area contributed by atoms with E-state index in [-0.39, 0.29) is 20.8 Å². The minimum Gasteiger partial charge on any atom is -0.258 e. The Bertz CT molecular complexity index is 197. The second-order valence-electron chi connectivity index (χ2n) is 3.79. The highest BCUT2D eigenvalue weighted by molar-refractivity contribution is 7.50. The molecule has 0 aliphatic carbocycles. The summed E-state index contributed by atoms with van der Waals surface area (Å²) >= 11 is 0. The Hall–Kier alpha value is -0.0900. The molecule has 20 heavy (non-hydrogen) atoms. The van der Waals surface area contributed by atoms with Crippen LogP contribution in [0.4, 0.5) is 0 Å². The van der Waals surface area contributed by atoms with Crippen molar-refractivity contribution in [2.24, 2.45) is 0 Å². The Morgan fingerprint density at radius 2 is 0.900 bits per heavy atom. The summed E-state index contributed by atoms with van der Waals surface area (Å²) in [5.41, 5.74) is 12.2. The zero-order chi connectivity index (χ0) is 15.3. The minimum absolute atomic E-state index is 0. The van der Waals surface area contributed by atoms with Crippen molar-refractivity contribution in [2.75, 3.05) is 39.3 Å². The molecule has 122 valence electrons. The molecule has 0 rings (SSSR count).